The van der Waals surface area contributed by atoms with E-state index in [9.17, 15) is 0 Å². The van der Waals surface area contributed by atoms with Crippen molar-refractivity contribution in [2.75, 3.05) is 0 Å². The summed E-state index contributed by atoms with van der Waals surface area (Å²) in [5.41, 5.74) is 0. The van der Waals surface area contributed by atoms with E-state index < -0.39 is 0 Å². The van der Waals surface area contributed by atoms with Crippen LogP contribution in [0.2, 0.25) is 5.02 Å². The fourth-order valence-corrected chi connectivity index (χ4v) is 0.446. The minimum atomic E-state index is 0.731. The van der Waals surface area contributed by atoms with Gasteiger partial charge in [-0.2, -0.15) is 0 Å². The first-order chi connectivity index (χ1) is 3.39. The number of aromatic nitrogens is 1. The van der Waals surface area contributed by atoms with Gasteiger partial charge >= 0.3 is 0 Å². The van der Waals surface area contributed by atoms with Crippen LogP contribution in [0.3, 0.4) is 0 Å². The Labute approximate surface area is 47.0 Å². The van der Waals surface area contributed by atoms with Gasteiger partial charge in [0, 0.05) is 17.4 Å². The summed E-state index contributed by atoms with van der Waals surface area (Å²) in [6, 6.07) is 3.48. The second-order valence-electron chi connectivity index (χ2n) is 1.17. The van der Waals surface area contributed by atoms with Crippen LogP contribution in [-0.2, 0) is 0 Å². The van der Waals surface area contributed by atoms with Gasteiger partial charge in [0.1, 0.15) is 0 Å². The molecule has 0 aliphatic carbocycles. The average Bonchev–Trinajstić information content (AvgIpc) is 1.69. The van der Waals surface area contributed by atoms with E-state index in [0.717, 1.165) is 5.02 Å². The van der Waals surface area contributed by atoms with E-state index >= 15 is 0 Å². The number of nitrogens with zero attached hydrogens (tertiary/aromatic N) is 1. The Morgan fingerprint density at radius 2 is 1.86 bits per heavy atom. The highest BCUT2D eigenvalue weighted by Crippen LogP contribution is 2.01. The predicted molar refractivity (Wildman–Crippen MR) is 29.2 cm³/mol. The zero-order chi connectivity index (χ0) is 5.11. The molecular formula is C5H4ClN. The van der Waals surface area contributed by atoms with Crippen molar-refractivity contribution in [3.05, 3.63) is 29.5 Å². The lowest BCUT2D eigenvalue weighted by atomic mass is 10.5. The molecule has 0 amide bonds. The Bertz CT molecular complexity index is 138. The molecule has 36 valence electrons. The molecule has 1 nitrogen and oxygen atoms in total. The van der Waals surface area contributed by atoms with Crippen LogP contribution >= 0.6 is 11.6 Å². The van der Waals surface area contributed by atoms with Crippen molar-refractivity contribution < 1.29 is 0 Å². The molecule has 1 rings (SSSR count). The van der Waals surface area contributed by atoms with E-state index in [1.54, 1.807) is 24.5 Å². The smallest absolute Gasteiger partial charge is 0.0436 e. The largest absolute Gasteiger partial charge is 0.265 e. The fraction of sp³-hybridized carbons (Fsp3) is 0. The second kappa shape index (κ2) is 1.94. The maximum Gasteiger partial charge on any atom is 0.0436 e. The zero-order valence-corrected chi connectivity index (χ0v) is 4.39. The lowest BCUT2D eigenvalue weighted by Gasteiger charge is -1.79. The Morgan fingerprint density at radius 1 is 1.29 bits per heavy atom. The third-order valence-electron chi connectivity index (χ3n) is 0.640. The van der Waals surface area contributed by atoms with Gasteiger partial charge in [-0.25, -0.2) is 0 Å². The van der Waals surface area contributed by atoms with Gasteiger partial charge < -0.3 is 0 Å². The summed E-state index contributed by atoms with van der Waals surface area (Å²) in [5.74, 6) is 0. The van der Waals surface area contributed by atoms with Crippen LogP contribution in [0.25, 0.3) is 0 Å². The van der Waals surface area contributed by atoms with Crippen molar-refractivity contribution in [3.63, 3.8) is 0 Å². The van der Waals surface area contributed by atoms with Gasteiger partial charge in [0.15, 0.2) is 0 Å². The van der Waals surface area contributed by atoms with Gasteiger partial charge in [0.05, 0.1) is 0 Å². The molecule has 2 heteroatoms. The molecule has 7 heavy (non-hydrogen) atoms. The standard InChI is InChI=1S/C5H4ClN/c6-5-1-3-7-4-2-5/h1-4H/i3+0. The van der Waals surface area contributed by atoms with Gasteiger partial charge in [0.25, 0.3) is 0 Å². The van der Waals surface area contributed by atoms with Gasteiger partial charge in [0.2, 0.25) is 0 Å². The minimum Gasteiger partial charge on any atom is -0.265 e. The molecule has 0 saturated carbocycles. The van der Waals surface area contributed by atoms with Crippen molar-refractivity contribution in [2.24, 2.45) is 0 Å². The van der Waals surface area contributed by atoms with E-state index in [0.29, 0.717) is 0 Å². The zero-order valence-electron chi connectivity index (χ0n) is 3.63. The Kier molecular flexibility index (Phi) is 1.27. The Morgan fingerprint density at radius 3 is 2.14 bits per heavy atom. The van der Waals surface area contributed by atoms with Gasteiger partial charge in [-0.05, 0) is 12.1 Å². The van der Waals surface area contributed by atoms with Crippen LogP contribution in [-0.4, -0.2) is 4.98 Å². The molecule has 1 aromatic rings. The first kappa shape index (κ1) is 4.60. The SMILES string of the molecule is Clc1ccn[12cH]c1. The quantitative estimate of drug-likeness (QED) is 0.499. The van der Waals surface area contributed by atoms with Crippen LogP contribution < -0.4 is 0 Å². The highest BCUT2D eigenvalue weighted by Gasteiger charge is 1.75. The first-order valence-electron chi connectivity index (χ1n) is 1.95. The van der Waals surface area contributed by atoms with Crippen LogP contribution in [0.4, 0.5) is 0 Å². The molecule has 0 spiro atoms. The number of pyridine rings is 1. The van der Waals surface area contributed by atoms with Crippen molar-refractivity contribution in [3.8, 4) is 0 Å². The van der Waals surface area contributed by atoms with Crippen LogP contribution in [0.5, 0.6) is 0 Å². The Balaban J connectivity index is 3.02. The summed E-state index contributed by atoms with van der Waals surface area (Å²) in [4.78, 5) is 3.76. The molecule has 0 N–H and O–H groups in total. The second-order valence-corrected chi connectivity index (χ2v) is 1.60. The highest BCUT2D eigenvalue weighted by atomic mass is 35.5. The summed E-state index contributed by atoms with van der Waals surface area (Å²) in [7, 11) is 0. The van der Waals surface area contributed by atoms with Crippen molar-refractivity contribution in [1.82, 2.24) is 4.98 Å². The molecule has 1 heterocycles. The number of hydrogen-bond donors (Lipinski definition) is 0. The molecule has 0 aliphatic heterocycles. The minimum absolute atomic E-state index is 0.731. The van der Waals surface area contributed by atoms with E-state index in [1.807, 2.05) is 0 Å². The van der Waals surface area contributed by atoms with Crippen molar-refractivity contribution in [2.45, 2.75) is 0 Å². The van der Waals surface area contributed by atoms with E-state index in [2.05, 4.69) is 4.98 Å². The molecule has 0 atom stereocenters. The van der Waals surface area contributed by atoms with Crippen LogP contribution in [0, 0.1) is 0 Å². The number of halogens is 1. The fourth-order valence-electron chi connectivity index (χ4n) is 0.334. The lowest BCUT2D eigenvalue weighted by molar-refractivity contribution is 1.33. The molecule has 0 aliphatic rings. The Hall–Kier alpha value is -0.560. The van der Waals surface area contributed by atoms with Crippen LogP contribution in [0.15, 0.2) is 24.5 Å². The third-order valence-corrected chi connectivity index (χ3v) is 0.892. The maximum absolute atomic E-state index is 5.50. The molecule has 0 fully saturated rings. The predicted octanol–water partition coefficient (Wildman–Crippen LogP) is 1.73. The van der Waals surface area contributed by atoms with E-state index in [1.165, 1.54) is 0 Å². The lowest BCUT2D eigenvalue weighted by Crippen LogP contribution is -1.63. The normalized spacial score (nSPS) is 8.71. The summed E-state index contributed by atoms with van der Waals surface area (Å²) >= 11 is 5.50. The summed E-state index contributed by atoms with van der Waals surface area (Å²) in [5, 5.41) is 0.731. The topological polar surface area (TPSA) is 12.9 Å². The van der Waals surface area contributed by atoms with E-state index in [-0.39, 0.29) is 0 Å². The first-order valence-corrected chi connectivity index (χ1v) is 2.33. The summed E-state index contributed by atoms with van der Waals surface area (Å²) in [6.45, 7) is 0. The monoisotopic (exact) mass is 113 g/mol. The maximum atomic E-state index is 5.50. The van der Waals surface area contributed by atoms with Crippen molar-refractivity contribution >= 4 is 11.6 Å². The summed E-state index contributed by atoms with van der Waals surface area (Å²) < 4.78 is 0. The number of rotatable bonds is 0. The average molecular weight is 114 g/mol. The summed E-state index contributed by atoms with van der Waals surface area (Å²) in [6.07, 6.45) is 3.31. The van der Waals surface area contributed by atoms with Crippen molar-refractivity contribution in [1.29, 1.82) is 0 Å². The van der Waals surface area contributed by atoms with Gasteiger partial charge in [-0.15, -0.1) is 0 Å². The number of hydrogen-bond acceptors (Lipinski definition) is 1. The third kappa shape index (κ3) is 1.16. The van der Waals surface area contributed by atoms with Gasteiger partial charge in [-0.3, -0.25) is 4.98 Å². The van der Waals surface area contributed by atoms with Gasteiger partial charge in [-0.1, -0.05) is 11.6 Å². The van der Waals surface area contributed by atoms with E-state index in [4.69, 9.17) is 11.6 Å². The molecule has 0 saturated heterocycles. The highest BCUT2D eigenvalue weighted by molar-refractivity contribution is 6.30. The molecule has 0 aromatic carbocycles. The molecule has 1 aromatic heterocycles. The molecule has 0 unspecified atom stereocenters. The molecule has 0 bridgehead atoms. The van der Waals surface area contributed by atoms with Crippen LogP contribution in [0.1, 0.15) is 0 Å². The molecular weight excluding hydrogens is 110 g/mol. The molecule has 0 radical (unpaired) electrons.